The minimum Gasteiger partial charge on any atom is -0.327 e. The summed E-state index contributed by atoms with van der Waals surface area (Å²) in [6, 6.07) is 4.63. The zero-order valence-corrected chi connectivity index (χ0v) is 12.0. The van der Waals surface area contributed by atoms with E-state index >= 15 is 0 Å². The van der Waals surface area contributed by atoms with Gasteiger partial charge in [-0.1, -0.05) is 25.8 Å². The van der Waals surface area contributed by atoms with E-state index in [1.807, 2.05) is 6.20 Å². The number of nitrogens with zero attached hydrogens (tertiary/aromatic N) is 1. The van der Waals surface area contributed by atoms with Gasteiger partial charge in [0, 0.05) is 23.9 Å². The largest absolute Gasteiger partial charge is 0.327 e. The van der Waals surface area contributed by atoms with Crippen LogP contribution in [-0.4, -0.2) is 11.0 Å². The molecule has 0 aromatic carbocycles. The molecule has 104 valence electrons. The number of aromatic nitrogens is 1. The minimum absolute atomic E-state index is 0.321. The molecule has 2 atom stereocenters. The summed E-state index contributed by atoms with van der Waals surface area (Å²) in [4.78, 5) is 4.65. The van der Waals surface area contributed by atoms with Crippen LogP contribution in [0.25, 0.3) is 0 Å². The van der Waals surface area contributed by atoms with Gasteiger partial charge >= 0.3 is 0 Å². The second-order valence-corrected chi connectivity index (χ2v) is 6.64. The van der Waals surface area contributed by atoms with Crippen molar-refractivity contribution in [2.45, 2.75) is 63.8 Å². The summed E-state index contributed by atoms with van der Waals surface area (Å²) in [7, 11) is 0. The Bertz CT molecular complexity index is 421. The molecular weight excluding hydrogens is 232 g/mol. The highest BCUT2D eigenvalue weighted by molar-refractivity contribution is 5.27. The van der Waals surface area contributed by atoms with Crippen molar-refractivity contribution in [1.29, 1.82) is 0 Å². The molecule has 0 radical (unpaired) electrons. The van der Waals surface area contributed by atoms with Crippen LogP contribution in [0.4, 0.5) is 0 Å². The molecule has 3 rings (SSSR count). The van der Waals surface area contributed by atoms with Crippen LogP contribution >= 0.6 is 0 Å². The van der Waals surface area contributed by atoms with Gasteiger partial charge in [-0.05, 0) is 55.6 Å². The van der Waals surface area contributed by atoms with E-state index in [1.165, 1.54) is 56.2 Å². The van der Waals surface area contributed by atoms with Crippen LogP contribution in [-0.2, 0) is 6.42 Å². The fraction of sp³-hybridized carbons (Fsp3) is 0.706. The quantitative estimate of drug-likeness (QED) is 0.879. The first-order valence-electron chi connectivity index (χ1n) is 7.95. The van der Waals surface area contributed by atoms with Gasteiger partial charge in [0.1, 0.15) is 0 Å². The van der Waals surface area contributed by atoms with Gasteiger partial charge in [-0.3, -0.25) is 4.98 Å². The SMILES string of the molecule is CC1CCC(C(N)C2CCCc3cccnc32)CC1. The fourth-order valence-electron chi connectivity index (χ4n) is 4.02. The lowest BCUT2D eigenvalue weighted by molar-refractivity contribution is 0.227. The molecule has 2 nitrogen and oxygen atoms in total. The number of pyridine rings is 1. The molecule has 1 saturated carbocycles. The zero-order valence-electron chi connectivity index (χ0n) is 12.0. The summed E-state index contributed by atoms with van der Waals surface area (Å²) >= 11 is 0. The molecule has 2 aliphatic rings. The van der Waals surface area contributed by atoms with Gasteiger partial charge in [0.15, 0.2) is 0 Å². The predicted molar refractivity (Wildman–Crippen MR) is 79.0 cm³/mol. The van der Waals surface area contributed by atoms with E-state index in [0.717, 1.165) is 5.92 Å². The minimum atomic E-state index is 0.321. The second-order valence-electron chi connectivity index (χ2n) is 6.64. The van der Waals surface area contributed by atoms with Gasteiger partial charge in [-0.25, -0.2) is 0 Å². The van der Waals surface area contributed by atoms with Crippen LogP contribution in [0.15, 0.2) is 18.3 Å². The maximum atomic E-state index is 6.64. The topological polar surface area (TPSA) is 38.9 Å². The van der Waals surface area contributed by atoms with Gasteiger partial charge in [0.05, 0.1) is 0 Å². The maximum Gasteiger partial charge on any atom is 0.0481 e. The highest BCUT2D eigenvalue weighted by Gasteiger charge is 2.33. The average Bonchev–Trinajstić information content (AvgIpc) is 2.47. The first kappa shape index (κ1) is 13.1. The van der Waals surface area contributed by atoms with Crippen molar-refractivity contribution >= 4 is 0 Å². The summed E-state index contributed by atoms with van der Waals surface area (Å²) in [6.07, 6.45) is 11.0. The number of nitrogens with two attached hydrogens (primary N) is 1. The molecule has 2 unspecified atom stereocenters. The van der Waals surface area contributed by atoms with Crippen LogP contribution in [0, 0.1) is 11.8 Å². The Labute approximate surface area is 116 Å². The van der Waals surface area contributed by atoms with Crippen molar-refractivity contribution in [3.05, 3.63) is 29.6 Å². The average molecular weight is 258 g/mol. The Kier molecular flexibility index (Phi) is 3.88. The molecule has 0 saturated heterocycles. The Morgan fingerprint density at radius 1 is 1.21 bits per heavy atom. The molecule has 1 aromatic heterocycles. The molecule has 19 heavy (non-hydrogen) atoms. The van der Waals surface area contributed by atoms with E-state index in [1.54, 1.807) is 0 Å². The molecule has 0 amide bonds. The van der Waals surface area contributed by atoms with E-state index in [2.05, 4.69) is 24.0 Å². The Balaban J connectivity index is 1.75. The third kappa shape index (κ3) is 2.69. The van der Waals surface area contributed by atoms with Crippen LogP contribution < -0.4 is 5.73 Å². The molecule has 2 aliphatic carbocycles. The highest BCUT2D eigenvalue weighted by Crippen LogP contribution is 2.39. The van der Waals surface area contributed by atoms with Gasteiger partial charge < -0.3 is 5.73 Å². The van der Waals surface area contributed by atoms with E-state index in [0.29, 0.717) is 17.9 Å². The molecule has 0 aliphatic heterocycles. The third-order valence-corrected chi connectivity index (χ3v) is 5.31. The summed E-state index contributed by atoms with van der Waals surface area (Å²) in [6.45, 7) is 2.37. The number of fused-ring (bicyclic) bond motifs is 1. The Morgan fingerprint density at radius 2 is 2.00 bits per heavy atom. The second kappa shape index (κ2) is 5.62. The first-order chi connectivity index (χ1) is 9.25. The molecule has 0 bridgehead atoms. The number of hydrogen-bond acceptors (Lipinski definition) is 2. The lowest BCUT2D eigenvalue weighted by Gasteiger charge is -2.37. The Hall–Kier alpha value is -0.890. The van der Waals surface area contributed by atoms with Crippen molar-refractivity contribution in [3.8, 4) is 0 Å². The highest BCUT2D eigenvalue weighted by atomic mass is 14.8. The monoisotopic (exact) mass is 258 g/mol. The normalized spacial score (nSPS) is 32.6. The lowest BCUT2D eigenvalue weighted by Crippen LogP contribution is -2.39. The number of rotatable bonds is 2. The van der Waals surface area contributed by atoms with Gasteiger partial charge in [0.25, 0.3) is 0 Å². The number of aryl methyl sites for hydroxylation is 1. The summed E-state index contributed by atoms with van der Waals surface area (Å²) in [5.74, 6) is 2.12. The van der Waals surface area contributed by atoms with Crippen molar-refractivity contribution in [1.82, 2.24) is 4.98 Å². The molecule has 1 aromatic rings. The fourth-order valence-corrected chi connectivity index (χ4v) is 4.02. The van der Waals surface area contributed by atoms with Gasteiger partial charge in [-0.2, -0.15) is 0 Å². The molecule has 1 heterocycles. The van der Waals surface area contributed by atoms with E-state index in [9.17, 15) is 0 Å². The molecule has 0 spiro atoms. The molecule has 2 N–H and O–H groups in total. The first-order valence-corrected chi connectivity index (χ1v) is 7.95. The van der Waals surface area contributed by atoms with E-state index < -0.39 is 0 Å². The maximum absolute atomic E-state index is 6.64. The molecular formula is C17H26N2. The standard InChI is InChI=1S/C17H26N2/c1-12-7-9-13(10-8-12)16(18)15-6-2-4-14-5-3-11-19-17(14)15/h3,5,11-13,15-16H,2,4,6-10,18H2,1H3. The lowest BCUT2D eigenvalue weighted by atomic mass is 9.72. The van der Waals surface area contributed by atoms with Crippen LogP contribution in [0.3, 0.4) is 0 Å². The third-order valence-electron chi connectivity index (χ3n) is 5.31. The van der Waals surface area contributed by atoms with Crippen molar-refractivity contribution < 1.29 is 0 Å². The van der Waals surface area contributed by atoms with Crippen molar-refractivity contribution in [2.24, 2.45) is 17.6 Å². The zero-order chi connectivity index (χ0) is 13.2. The molecule has 2 heteroatoms. The number of hydrogen-bond donors (Lipinski definition) is 1. The van der Waals surface area contributed by atoms with Crippen molar-refractivity contribution in [3.63, 3.8) is 0 Å². The van der Waals surface area contributed by atoms with Crippen LogP contribution in [0.1, 0.15) is 62.6 Å². The molecule has 1 fully saturated rings. The van der Waals surface area contributed by atoms with E-state index in [4.69, 9.17) is 5.73 Å². The summed E-state index contributed by atoms with van der Waals surface area (Å²) in [5.41, 5.74) is 9.39. The van der Waals surface area contributed by atoms with Gasteiger partial charge in [-0.15, -0.1) is 0 Å². The van der Waals surface area contributed by atoms with Gasteiger partial charge in [0.2, 0.25) is 0 Å². The summed E-state index contributed by atoms with van der Waals surface area (Å²) in [5, 5.41) is 0. The van der Waals surface area contributed by atoms with E-state index in [-0.39, 0.29) is 0 Å². The van der Waals surface area contributed by atoms with Crippen LogP contribution in [0.5, 0.6) is 0 Å². The predicted octanol–water partition coefficient (Wildman–Crippen LogP) is 3.66. The smallest absolute Gasteiger partial charge is 0.0481 e. The summed E-state index contributed by atoms with van der Waals surface area (Å²) < 4.78 is 0. The van der Waals surface area contributed by atoms with Crippen molar-refractivity contribution in [2.75, 3.05) is 0 Å². The van der Waals surface area contributed by atoms with Crippen LogP contribution in [0.2, 0.25) is 0 Å². The Morgan fingerprint density at radius 3 is 2.79 bits per heavy atom.